The van der Waals surface area contributed by atoms with Gasteiger partial charge < -0.3 is 4.74 Å². The van der Waals surface area contributed by atoms with Gasteiger partial charge in [-0.3, -0.25) is 0 Å². The van der Waals surface area contributed by atoms with Crippen LogP contribution in [0.15, 0.2) is 12.2 Å². The molecule has 0 aromatic heterocycles. The lowest BCUT2D eigenvalue weighted by Crippen LogP contribution is -2.09. The van der Waals surface area contributed by atoms with E-state index in [0.717, 1.165) is 0 Å². The molecular weight excluding hydrogens is 128 g/mol. The maximum Gasteiger partial charge on any atom is 0.333 e. The van der Waals surface area contributed by atoms with Gasteiger partial charge >= 0.3 is 5.97 Å². The molecule has 0 spiro atoms. The molecule has 0 N–H and O–H groups in total. The Kier molecular flexibility index (Phi) is 1.79. The lowest BCUT2D eigenvalue weighted by Gasteiger charge is -2.09. The molecule has 1 unspecified atom stereocenters. The van der Waals surface area contributed by atoms with Crippen molar-refractivity contribution in [3.05, 3.63) is 12.2 Å². The monoisotopic (exact) mass is 140 g/mol. The summed E-state index contributed by atoms with van der Waals surface area (Å²) in [7, 11) is 0. The molecule has 10 heavy (non-hydrogen) atoms. The van der Waals surface area contributed by atoms with E-state index in [1.165, 1.54) is 0 Å². The number of cyclic esters (lactones) is 1. The number of hydrogen-bond acceptors (Lipinski definition) is 2. The summed E-state index contributed by atoms with van der Waals surface area (Å²) in [4.78, 5) is 10.8. The predicted molar refractivity (Wildman–Crippen MR) is 38.4 cm³/mol. The third-order valence-corrected chi connectivity index (χ3v) is 1.91. The van der Waals surface area contributed by atoms with Crippen molar-refractivity contribution >= 4 is 5.97 Å². The largest absolute Gasteiger partial charge is 0.462 e. The van der Waals surface area contributed by atoms with Gasteiger partial charge in [-0.05, 0) is 5.92 Å². The fourth-order valence-corrected chi connectivity index (χ4v) is 1.10. The van der Waals surface area contributed by atoms with Crippen molar-refractivity contribution in [1.29, 1.82) is 0 Å². The number of carbonyl (C=O) groups excluding carboxylic acids is 1. The first-order chi connectivity index (χ1) is 4.63. The third-order valence-electron chi connectivity index (χ3n) is 1.91. The van der Waals surface area contributed by atoms with Gasteiger partial charge in [-0.15, -0.1) is 0 Å². The standard InChI is InChI=1S/C8H12O2/c1-5(2)7-4-10-8(9)6(7)3/h5,7H,3-4H2,1-2H3. The number of hydrogen-bond donors (Lipinski definition) is 0. The highest BCUT2D eigenvalue weighted by atomic mass is 16.5. The van der Waals surface area contributed by atoms with Crippen LogP contribution in [0.3, 0.4) is 0 Å². The van der Waals surface area contributed by atoms with E-state index >= 15 is 0 Å². The van der Waals surface area contributed by atoms with Gasteiger partial charge in [0.1, 0.15) is 0 Å². The minimum atomic E-state index is -0.223. The zero-order chi connectivity index (χ0) is 7.72. The SMILES string of the molecule is C=C1C(=O)OCC1C(C)C. The average Bonchev–Trinajstić information content (AvgIpc) is 2.14. The topological polar surface area (TPSA) is 26.3 Å². The van der Waals surface area contributed by atoms with Gasteiger partial charge in [0, 0.05) is 11.5 Å². The maximum absolute atomic E-state index is 10.8. The Morgan fingerprint density at radius 2 is 2.30 bits per heavy atom. The normalized spacial score (nSPS) is 25.7. The first kappa shape index (κ1) is 7.32. The third kappa shape index (κ3) is 1.06. The van der Waals surface area contributed by atoms with Crippen molar-refractivity contribution in [2.45, 2.75) is 13.8 Å². The summed E-state index contributed by atoms with van der Waals surface area (Å²) in [6.45, 7) is 8.32. The summed E-state index contributed by atoms with van der Waals surface area (Å²) in [6, 6.07) is 0. The lowest BCUT2D eigenvalue weighted by molar-refractivity contribution is -0.135. The zero-order valence-electron chi connectivity index (χ0n) is 6.39. The highest BCUT2D eigenvalue weighted by Gasteiger charge is 2.30. The number of carbonyl (C=O) groups is 1. The summed E-state index contributed by atoms with van der Waals surface area (Å²) < 4.78 is 4.80. The molecule has 1 aliphatic heterocycles. The summed E-state index contributed by atoms with van der Waals surface area (Å²) in [5.41, 5.74) is 0.634. The molecule has 0 radical (unpaired) electrons. The molecule has 1 heterocycles. The molecular formula is C8H12O2. The lowest BCUT2D eigenvalue weighted by atomic mass is 9.92. The summed E-state index contributed by atoms with van der Waals surface area (Å²) >= 11 is 0. The fraction of sp³-hybridized carbons (Fsp3) is 0.625. The molecule has 0 amide bonds. The molecule has 1 atom stereocenters. The second-order valence-electron chi connectivity index (χ2n) is 2.97. The molecule has 0 aliphatic carbocycles. The molecule has 1 saturated heterocycles. The van der Waals surface area contributed by atoms with Crippen LogP contribution in [0.5, 0.6) is 0 Å². The van der Waals surface area contributed by atoms with Crippen molar-refractivity contribution in [2.24, 2.45) is 11.8 Å². The van der Waals surface area contributed by atoms with Crippen LogP contribution in [-0.4, -0.2) is 12.6 Å². The first-order valence-electron chi connectivity index (χ1n) is 3.49. The molecule has 2 heteroatoms. The minimum absolute atomic E-state index is 0.223. The second kappa shape index (κ2) is 2.45. The Morgan fingerprint density at radius 1 is 1.70 bits per heavy atom. The molecule has 0 saturated carbocycles. The summed E-state index contributed by atoms with van der Waals surface area (Å²) in [6.07, 6.45) is 0. The smallest absolute Gasteiger partial charge is 0.333 e. The van der Waals surface area contributed by atoms with Crippen LogP contribution in [-0.2, 0) is 9.53 Å². The minimum Gasteiger partial charge on any atom is -0.462 e. The van der Waals surface area contributed by atoms with Crippen molar-refractivity contribution in [2.75, 3.05) is 6.61 Å². The van der Waals surface area contributed by atoms with E-state index in [1.54, 1.807) is 0 Å². The second-order valence-corrected chi connectivity index (χ2v) is 2.97. The van der Waals surface area contributed by atoms with E-state index < -0.39 is 0 Å². The van der Waals surface area contributed by atoms with Crippen LogP contribution in [0.1, 0.15) is 13.8 Å². The van der Waals surface area contributed by atoms with Crippen molar-refractivity contribution in [1.82, 2.24) is 0 Å². The molecule has 0 bridgehead atoms. The first-order valence-corrected chi connectivity index (χ1v) is 3.49. The van der Waals surface area contributed by atoms with Gasteiger partial charge in [0.05, 0.1) is 6.61 Å². The Labute approximate surface area is 60.9 Å². The van der Waals surface area contributed by atoms with E-state index in [-0.39, 0.29) is 11.9 Å². The van der Waals surface area contributed by atoms with Crippen LogP contribution in [0.4, 0.5) is 0 Å². The van der Waals surface area contributed by atoms with Crippen LogP contribution in [0, 0.1) is 11.8 Å². The number of esters is 1. The molecule has 2 nitrogen and oxygen atoms in total. The molecule has 1 rings (SSSR count). The molecule has 0 aromatic rings. The number of rotatable bonds is 1. The molecule has 0 aromatic carbocycles. The summed E-state index contributed by atoms with van der Waals surface area (Å²) in [5, 5.41) is 0. The van der Waals surface area contributed by atoms with Gasteiger partial charge in [0.25, 0.3) is 0 Å². The van der Waals surface area contributed by atoms with E-state index in [2.05, 4.69) is 20.4 Å². The maximum atomic E-state index is 10.8. The van der Waals surface area contributed by atoms with Gasteiger partial charge in [0.15, 0.2) is 0 Å². The zero-order valence-corrected chi connectivity index (χ0v) is 6.39. The van der Waals surface area contributed by atoms with Crippen molar-refractivity contribution < 1.29 is 9.53 Å². The molecule has 1 aliphatic rings. The average molecular weight is 140 g/mol. The van der Waals surface area contributed by atoms with E-state index in [1.807, 2.05) is 0 Å². The van der Waals surface area contributed by atoms with Gasteiger partial charge in [0.2, 0.25) is 0 Å². The molecule has 1 fully saturated rings. The van der Waals surface area contributed by atoms with E-state index in [4.69, 9.17) is 4.74 Å². The van der Waals surface area contributed by atoms with Crippen molar-refractivity contribution in [3.8, 4) is 0 Å². The highest BCUT2D eigenvalue weighted by molar-refractivity contribution is 5.90. The number of ether oxygens (including phenoxy) is 1. The van der Waals surface area contributed by atoms with E-state index in [9.17, 15) is 4.79 Å². The summed E-state index contributed by atoms with van der Waals surface area (Å²) in [5.74, 6) is 0.477. The van der Waals surface area contributed by atoms with Crippen LogP contribution in [0.25, 0.3) is 0 Å². The van der Waals surface area contributed by atoms with Crippen molar-refractivity contribution in [3.63, 3.8) is 0 Å². The van der Waals surface area contributed by atoms with Gasteiger partial charge in [-0.2, -0.15) is 0 Å². The molecule has 56 valence electrons. The van der Waals surface area contributed by atoms with Crippen LogP contribution >= 0.6 is 0 Å². The van der Waals surface area contributed by atoms with Crippen LogP contribution < -0.4 is 0 Å². The Balaban J connectivity index is 2.66. The van der Waals surface area contributed by atoms with Crippen LogP contribution in [0.2, 0.25) is 0 Å². The Morgan fingerprint density at radius 3 is 2.50 bits per heavy atom. The van der Waals surface area contributed by atoms with Gasteiger partial charge in [-0.1, -0.05) is 20.4 Å². The highest BCUT2D eigenvalue weighted by Crippen LogP contribution is 2.26. The Bertz CT molecular complexity index is 170. The fourth-order valence-electron chi connectivity index (χ4n) is 1.10. The quantitative estimate of drug-likeness (QED) is 0.406. The Hall–Kier alpha value is -0.790. The van der Waals surface area contributed by atoms with E-state index in [0.29, 0.717) is 18.1 Å². The predicted octanol–water partition coefficient (Wildman–Crippen LogP) is 1.37. The van der Waals surface area contributed by atoms with Gasteiger partial charge in [-0.25, -0.2) is 4.79 Å².